The Hall–Kier alpha value is -7.81. The van der Waals surface area contributed by atoms with Gasteiger partial charge in [0.25, 0.3) is 0 Å². The van der Waals surface area contributed by atoms with Crippen LogP contribution in [-0.4, -0.2) is 4.98 Å². The maximum Gasteiger partial charge on any atom is 0.0809 e. The molecule has 0 N–H and O–H groups in total. The van der Waals surface area contributed by atoms with Crippen LogP contribution in [-0.2, 0) is 5.41 Å². The van der Waals surface area contributed by atoms with E-state index in [1.165, 1.54) is 55.6 Å². The van der Waals surface area contributed by atoms with E-state index >= 15 is 0 Å². The SMILES string of the molecule is c1ccc(-c2ccc(N(c3ccc4c(c3)C3(c5ccccc5-c5ccccc53)c3ccccc3-4)c3ccccc3-c3nc4ccccc4cc3-c3ccccc3)cc2)cc1. The maximum absolute atomic E-state index is 5.47. The van der Waals surface area contributed by atoms with Crippen LogP contribution in [0.25, 0.3) is 66.7 Å². The van der Waals surface area contributed by atoms with E-state index in [0.717, 1.165) is 50.3 Å². The lowest BCUT2D eigenvalue weighted by Crippen LogP contribution is -2.26. The first-order valence-corrected chi connectivity index (χ1v) is 20.7. The monoisotopic (exact) mass is 762 g/mol. The molecule has 9 aromatic carbocycles. The molecule has 2 aliphatic rings. The number of pyridine rings is 1. The minimum atomic E-state index is -0.460. The van der Waals surface area contributed by atoms with Crippen molar-refractivity contribution in [1.82, 2.24) is 4.98 Å². The van der Waals surface area contributed by atoms with Crippen LogP contribution in [0, 0.1) is 0 Å². The summed E-state index contributed by atoms with van der Waals surface area (Å²) in [4.78, 5) is 7.92. The summed E-state index contributed by atoms with van der Waals surface area (Å²) in [5, 5.41) is 1.12. The topological polar surface area (TPSA) is 16.1 Å². The standard InChI is InChI=1S/C58H38N2/c1-3-17-39(18-4-1)40-31-33-43(34-32-40)60(56-30-16-11-25-49(56)57-50(41-19-5-2-6-20-41)37-42-21-7-15-29-55(42)59-57)44-35-36-48-47-24-10-14-28-53(47)58(54(48)38-44)51-26-12-8-22-45(51)46-23-9-13-27-52(46)58/h1-38H. The molecule has 2 aliphatic carbocycles. The molecule has 0 atom stereocenters. The number of anilines is 3. The quantitative estimate of drug-likeness (QED) is 0.168. The Balaban J connectivity index is 1.13. The van der Waals surface area contributed by atoms with Gasteiger partial charge in [-0.05, 0) is 104 Å². The van der Waals surface area contributed by atoms with Crippen LogP contribution in [0.1, 0.15) is 22.3 Å². The molecule has 0 saturated heterocycles. The van der Waals surface area contributed by atoms with Crippen molar-refractivity contribution in [2.24, 2.45) is 0 Å². The summed E-state index contributed by atoms with van der Waals surface area (Å²) in [6, 6.07) is 84.1. The molecule has 0 amide bonds. The zero-order valence-electron chi connectivity index (χ0n) is 32.8. The Bertz CT molecular complexity index is 3190. The molecule has 0 aliphatic heterocycles. The molecule has 60 heavy (non-hydrogen) atoms. The molecule has 0 fully saturated rings. The molecule has 2 nitrogen and oxygen atoms in total. The van der Waals surface area contributed by atoms with E-state index in [1.807, 2.05) is 0 Å². The van der Waals surface area contributed by atoms with Crippen molar-refractivity contribution in [1.29, 1.82) is 0 Å². The fraction of sp³-hybridized carbons (Fsp3) is 0.0172. The van der Waals surface area contributed by atoms with Gasteiger partial charge in [-0.25, -0.2) is 4.98 Å². The Labute approximate surface area is 350 Å². The number of fused-ring (bicyclic) bond motifs is 11. The van der Waals surface area contributed by atoms with E-state index in [-0.39, 0.29) is 0 Å². The highest BCUT2D eigenvalue weighted by Gasteiger charge is 2.51. The highest BCUT2D eigenvalue weighted by Crippen LogP contribution is 2.63. The van der Waals surface area contributed by atoms with E-state index in [1.54, 1.807) is 0 Å². The van der Waals surface area contributed by atoms with Crippen molar-refractivity contribution >= 4 is 28.0 Å². The molecule has 0 unspecified atom stereocenters. The minimum Gasteiger partial charge on any atom is -0.310 e. The van der Waals surface area contributed by atoms with Gasteiger partial charge in [0.2, 0.25) is 0 Å². The van der Waals surface area contributed by atoms with E-state index in [9.17, 15) is 0 Å². The molecular weight excluding hydrogens is 725 g/mol. The Morgan fingerprint density at radius 1 is 0.317 bits per heavy atom. The molecule has 1 aromatic heterocycles. The first-order valence-electron chi connectivity index (χ1n) is 20.7. The second-order valence-electron chi connectivity index (χ2n) is 15.8. The predicted molar refractivity (Wildman–Crippen MR) is 249 cm³/mol. The number of hydrogen-bond donors (Lipinski definition) is 0. The molecular formula is C58H38N2. The molecule has 12 rings (SSSR count). The number of rotatable bonds is 6. The van der Waals surface area contributed by atoms with E-state index < -0.39 is 5.41 Å². The average molecular weight is 763 g/mol. The summed E-state index contributed by atoms with van der Waals surface area (Å²) in [6.45, 7) is 0. The van der Waals surface area contributed by atoms with Crippen LogP contribution in [0.4, 0.5) is 17.1 Å². The predicted octanol–water partition coefficient (Wildman–Crippen LogP) is 15.0. The van der Waals surface area contributed by atoms with Gasteiger partial charge < -0.3 is 4.90 Å². The summed E-state index contributed by atoms with van der Waals surface area (Å²) in [5.41, 5.74) is 20.8. The van der Waals surface area contributed by atoms with Crippen molar-refractivity contribution < 1.29 is 0 Å². The molecule has 1 heterocycles. The number of para-hydroxylation sites is 2. The first kappa shape index (κ1) is 34.3. The van der Waals surface area contributed by atoms with E-state index in [2.05, 4.69) is 235 Å². The van der Waals surface area contributed by atoms with Crippen LogP contribution in [0.2, 0.25) is 0 Å². The van der Waals surface area contributed by atoms with Gasteiger partial charge in [-0.2, -0.15) is 0 Å². The lowest BCUT2D eigenvalue weighted by Gasteiger charge is -2.32. The maximum atomic E-state index is 5.47. The van der Waals surface area contributed by atoms with Gasteiger partial charge in [0, 0.05) is 27.9 Å². The fourth-order valence-electron chi connectivity index (χ4n) is 10.1. The Morgan fingerprint density at radius 3 is 1.45 bits per heavy atom. The summed E-state index contributed by atoms with van der Waals surface area (Å²) < 4.78 is 0. The molecule has 10 aromatic rings. The zero-order chi connectivity index (χ0) is 39.6. The molecule has 280 valence electrons. The van der Waals surface area contributed by atoms with Gasteiger partial charge in [-0.15, -0.1) is 0 Å². The summed E-state index contributed by atoms with van der Waals surface area (Å²) in [7, 11) is 0. The lowest BCUT2D eigenvalue weighted by atomic mass is 9.70. The molecule has 0 bridgehead atoms. The van der Waals surface area contributed by atoms with Gasteiger partial charge in [0.05, 0.1) is 22.3 Å². The summed E-state index contributed by atoms with van der Waals surface area (Å²) in [6.07, 6.45) is 0. The Kier molecular flexibility index (Phi) is 7.79. The molecule has 0 saturated carbocycles. The Morgan fingerprint density at radius 2 is 0.800 bits per heavy atom. The van der Waals surface area contributed by atoms with Gasteiger partial charge in [0.1, 0.15) is 0 Å². The van der Waals surface area contributed by atoms with Crippen molar-refractivity contribution in [2.45, 2.75) is 5.41 Å². The average Bonchev–Trinajstić information content (AvgIpc) is 3.79. The van der Waals surface area contributed by atoms with E-state index in [0.29, 0.717) is 0 Å². The third kappa shape index (κ3) is 5.11. The van der Waals surface area contributed by atoms with Crippen LogP contribution in [0.3, 0.4) is 0 Å². The summed E-state index contributed by atoms with van der Waals surface area (Å²) in [5.74, 6) is 0. The highest BCUT2D eigenvalue weighted by atomic mass is 15.1. The number of hydrogen-bond acceptors (Lipinski definition) is 2. The third-order valence-corrected chi connectivity index (χ3v) is 12.7. The minimum absolute atomic E-state index is 0.460. The lowest BCUT2D eigenvalue weighted by molar-refractivity contribution is 0.793. The smallest absolute Gasteiger partial charge is 0.0809 e. The zero-order valence-corrected chi connectivity index (χ0v) is 32.8. The van der Waals surface area contributed by atoms with Crippen LogP contribution in [0.5, 0.6) is 0 Å². The molecule has 1 spiro atoms. The fourth-order valence-corrected chi connectivity index (χ4v) is 10.1. The van der Waals surface area contributed by atoms with Crippen molar-refractivity contribution in [3.63, 3.8) is 0 Å². The van der Waals surface area contributed by atoms with E-state index in [4.69, 9.17) is 4.98 Å². The second-order valence-corrected chi connectivity index (χ2v) is 15.8. The van der Waals surface area contributed by atoms with Gasteiger partial charge in [-0.1, -0.05) is 188 Å². The van der Waals surface area contributed by atoms with Crippen molar-refractivity contribution in [3.8, 4) is 55.8 Å². The largest absolute Gasteiger partial charge is 0.310 e. The molecule has 0 radical (unpaired) electrons. The van der Waals surface area contributed by atoms with Gasteiger partial charge in [0.15, 0.2) is 0 Å². The third-order valence-electron chi connectivity index (χ3n) is 12.7. The summed E-state index contributed by atoms with van der Waals surface area (Å²) >= 11 is 0. The van der Waals surface area contributed by atoms with Gasteiger partial charge in [-0.3, -0.25) is 0 Å². The highest BCUT2D eigenvalue weighted by molar-refractivity contribution is 5.99. The van der Waals surface area contributed by atoms with Gasteiger partial charge >= 0.3 is 0 Å². The van der Waals surface area contributed by atoms with Crippen LogP contribution >= 0.6 is 0 Å². The van der Waals surface area contributed by atoms with Crippen molar-refractivity contribution in [3.05, 3.63) is 253 Å². The number of aromatic nitrogens is 1. The number of nitrogens with zero attached hydrogens (tertiary/aromatic N) is 2. The van der Waals surface area contributed by atoms with Crippen molar-refractivity contribution in [2.75, 3.05) is 4.90 Å². The number of benzene rings is 9. The second kappa shape index (κ2) is 13.7. The normalized spacial score (nSPS) is 12.8. The first-order chi connectivity index (χ1) is 29.8. The van der Waals surface area contributed by atoms with Crippen LogP contribution in [0.15, 0.2) is 231 Å². The van der Waals surface area contributed by atoms with Crippen LogP contribution < -0.4 is 4.90 Å². The molecule has 2 heteroatoms.